The van der Waals surface area contributed by atoms with Crippen molar-refractivity contribution in [1.82, 2.24) is 4.31 Å². The fourth-order valence-corrected chi connectivity index (χ4v) is 5.88. The van der Waals surface area contributed by atoms with Crippen LogP contribution in [0.5, 0.6) is 0 Å². The van der Waals surface area contributed by atoms with E-state index in [0.717, 1.165) is 0 Å². The number of sulfonamides is 1. The van der Waals surface area contributed by atoms with Gasteiger partial charge in [0.25, 0.3) is 0 Å². The lowest BCUT2D eigenvalue weighted by molar-refractivity contribution is -0.129. The molecule has 5 nitrogen and oxygen atoms in total. The summed E-state index contributed by atoms with van der Waals surface area (Å²) in [5.41, 5.74) is 0.576. The van der Waals surface area contributed by atoms with Gasteiger partial charge in [-0.1, -0.05) is 37.3 Å². The van der Waals surface area contributed by atoms with E-state index in [1.807, 2.05) is 13.8 Å². The third kappa shape index (κ3) is 5.58. The monoisotopic (exact) mass is 482 g/mol. The number of carbonyl (C=O) groups is 1. The van der Waals surface area contributed by atoms with Gasteiger partial charge in [0, 0.05) is 30.7 Å². The smallest absolute Gasteiger partial charge is 0.312 e. The van der Waals surface area contributed by atoms with Crippen molar-refractivity contribution in [2.75, 3.05) is 24.5 Å². The van der Waals surface area contributed by atoms with E-state index >= 15 is 0 Å². The van der Waals surface area contributed by atoms with Gasteiger partial charge < -0.3 is 4.90 Å². The zero-order chi connectivity index (χ0) is 24.4. The molecule has 1 amide bonds. The Morgan fingerprint density at radius 1 is 1.06 bits per heavy atom. The summed E-state index contributed by atoms with van der Waals surface area (Å²) in [6.45, 7) is 6.19. The number of nitrogens with zero attached hydrogens (tertiary/aromatic N) is 2. The van der Waals surface area contributed by atoms with Crippen molar-refractivity contribution in [3.05, 3.63) is 59.7 Å². The largest absolute Gasteiger partial charge is 0.393 e. The number of halogens is 3. The fraction of sp³-hybridized carbons (Fsp3) is 0.458. The maximum absolute atomic E-state index is 13.4. The number of anilines is 1. The van der Waals surface area contributed by atoms with Crippen molar-refractivity contribution in [1.29, 1.82) is 0 Å². The first-order valence-electron chi connectivity index (χ1n) is 10.9. The zero-order valence-corrected chi connectivity index (χ0v) is 19.8. The highest BCUT2D eigenvalue weighted by Crippen LogP contribution is 2.37. The predicted octanol–water partition coefficient (Wildman–Crippen LogP) is 4.94. The van der Waals surface area contributed by atoms with Crippen LogP contribution in [0.4, 0.5) is 18.9 Å². The van der Waals surface area contributed by atoms with Crippen LogP contribution in [-0.2, 0) is 21.2 Å². The van der Waals surface area contributed by atoms with E-state index in [1.165, 1.54) is 28.6 Å². The van der Waals surface area contributed by atoms with Crippen molar-refractivity contribution in [2.45, 2.75) is 51.1 Å². The lowest BCUT2D eigenvalue weighted by Gasteiger charge is -2.40. The van der Waals surface area contributed by atoms with Crippen LogP contribution in [0.3, 0.4) is 0 Å². The molecular formula is C24H29F3N2O3S. The van der Waals surface area contributed by atoms with Crippen LogP contribution in [0.15, 0.2) is 53.4 Å². The molecule has 33 heavy (non-hydrogen) atoms. The van der Waals surface area contributed by atoms with Gasteiger partial charge in [0.15, 0.2) is 0 Å². The van der Waals surface area contributed by atoms with Gasteiger partial charge in [-0.25, -0.2) is 8.42 Å². The Kier molecular flexibility index (Phi) is 7.24. The number of amides is 1. The summed E-state index contributed by atoms with van der Waals surface area (Å²) in [4.78, 5) is 15.3. The summed E-state index contributed by atoms with van der Waals surface area (Å²) < 4.78 is 65.5. The van der Waals surface area contributed by atoms with E-state index in [2.05, 4.69) is 0 Å². The fourth-order valence-electron chi connectivity index (χ4n) is 4.21. The highest BCUT2D eigenvalue weighted by molar-refractivity contribution is 7.89. The number of benzene rings is 2. The molecule has 3 rings (SSSR count). The summed E-state index contributed by atoms with van der Waals surface area (Å²) in [6.07, 6.45) is -4.59. The first-order chi connectivity index (χ1) is 15.4. The van der Waals surface area contributed by atoms with E-state index in [4.69, 9.17) is 0 Å². The molecule has 1 fully saturated rings. The van der Waals surface area contributed by atoms with Crippen LogP contribution in [0.1, 0.15) is 37.8 Å². The second-order valence-electron chi connectivity index (χ2n) is 8.74. The van der Waals surface area contributed by atoms with Crippen LogP contribution in [0.25, 0.3) is 0 Å². The molecule has 0 bridgehead atoms. The molecule has 0 aliphatic carbocycles. The maximum Gasteiger partial charge on any atom is 0.393 e. The lowest BCUT2D eigenvalue weighted by atomic mass is 9.79. The third-order valence-corrected chi connectivity index (χ3v) is 8.33. The molecule has 180 valence electrons. The van der Waals surface area contributed by atoms with Crippen molar-refractivity contribution in [3.63, 3.8) is 0 Å². The molecule has 0 aromatic heterocycles. The number of rotatable bonds is 6. The van der Waals surface area contributed by atoms with Gasteiger partial charge in [0.05, 0.1) is 11.3 Å². The zero-order valence-electron chi connectivity index (χ0n) is 19.0. The lowest BCUT2D eigenvalue weighted by Crippen LogP contribution is -2.50. The standard InChI is InChI=1S/C24H29F3N2O3S/c1-4-29(20-11-9-19(10-12-20)17-24(25,26)27)22(30)23(3)13-15-28(16-14-23)33(31,32)21-8-6-5-7-18(21)2/h5-12H,4,13-17H2,1-3H3. The number of hydrogen-bond donors (Lipinski definition) is 0. The summed E-state index contributed by atoms with van der Waals surface area (Å²) >= 11 is 0. The van der Waals surface area contributed by atoms with Crippen LogP contribution in [0.2, 0.25) is 0 Å². The number of carbonyl (C=O) groups excluding carboxylic acids is 1. The van der Waals surface area contributed by atoms with E-state index in [0.29, 0.717) is 30.6 Å². The topological polar surface area (TPSA) is 57.7 Å². The maximum atomic E-state index is 13.4. The molecule has 2 aromatic carbocycles. The third-order valence-electron chi connectivity index (χ3n) is 6.27. The average molecular weight is 483 g/mol. The van der Waals surface area contributed by atoms with Gasteiger partial charge in [-0.2, -0.15) is 17.5 Å². The molecule has 0 spiro atoms. The number of hydrogen-bond acceptors (Lipinski definition) is 3. The van der Waals surface area contributed by atoms with E-state index in [1.54, 1.807) is 36.1 Å². The molecule has 0 saturated carbocycles. The number of alkyl halides is 3. The Bertz CT molecular complexity index is 1090. The Labute approximate surface area is 193 Å². The van der Waals surface area contributed by atoms with Crippen molar-refractivity contribution >= 4 is 21.6 Å². The summed E-state index contributed by atoms with van der Waals surface area (Å²) in [7, 11) is -3.65. The Morgan fingerprint density at radius 2 is 1.64 bits per heavy atom. The van der Waals surface area contributed by atoms with Gasteiger partial charge in [-0.3, -0.25) is 4.79 Å². The number of piperidine rings is 1. The van der Waals surface area contributed by atoms with Gasteiger partial charge in [-0.15, -0.1) is 0 Å². The van der Waals surface area contributed by atoms with Crippen LogP contribution >= 0.6 is 0 Å². The van der Waals surface area contributed by atoms with Crippen molar-refractivity contribution < 1.29 is 26.4 Å². The average Bonchev–Trinajstić information content (AvgIpc) is 2.75. The Hall–Kier alpha value is -2.39. The molecular weight excluding hydrogens is 453 g/mol. The van der Waals surface area contributed by atoms with E-state index in [-0.39, 0.29) is 29.5 Å². The van der Waals surface area contributed by atoms with Crippen molar-refractivity contribution in [2.24, 2.45) is 5.41 Å². The molecule has 1 aliphatic heterocycles. The molecule has 0 atom stereocenters. The molecule has 0 N–H and O–H groups in total. The molecule has 0 radical (unpaired) electrons. The van der Waals surface area contributed by atoms with Crippen LogP contribution in [-0.4, -0.2) is 44.4 Å². The second kappa shape index (κ2) is 9.46. The minimum absolute atomic E-state index is 0.135. The molecule has 1 saturated heterocycles. The minimum atomic E-state index is -4.29. The quantitative estimate of drug-likeness (QED) is 0.586. The highest BCUT2D eigenvalue weighted by Gasteiger charge is 2.42. The molecule has 1 aliphatic rings. The van der Waals surface area contributed by atoms with E-state index in [9.17, 15) is 26.4 Å². The summed E-state index contributed by atoms with van der Waals surface area (Å²) in [5, 5.41) is 0. The van der Waals surface area contributed by atoms with Crippen LogP contribution in [0, 0.1) is 12.3 Å². The summed E-state index contributed by atoms with van der Waals surface area (Å²) in [6, 6.07) is 12.7. The van der Waals surface area contributed by atoms with Gasteiger partial charge in [-0.05, 0) is 56.0 Å². The van der Waals surface area contributed by atoms with Gasteiger partial charge in [0.1, 0.15) is 0 Å². The van der Waals surface area contributed by atoms with Gasteiger partial charge >= 0.3 is 6.18 Å². The highest BCUT2D eigenvalue weighted by atomic mass is 32.2. The predicted molar refractivity (Wildman–Crippen MR) is 122 cm³/mol. The normalized spacial score (nSPS) is 17.0. The first kappa shape index (κ1) is 25.2. The molecule has 9 heteroatoms. The first-order valence-corrected chi connectivity index (χ1v) is 12.3. The summed E-state index contributed by atoms with van der Waals surface area (Å²) in [5.74, 6) is -0.151. The second-order valence-corrected chi connectivity index (χ2v) is 10.6. The SMILES string of the molecule is CCN(C(=O)C1(C)CCN(S(=O)(=O)c2ccccc2C)CC1)c1ccc(CC(F)(F)F)cc1. The molecule has 2 aromatic rings. The number of aryl methyl sites for hydroxylation is 1. The van der Waals surface area contributed by atoms with Crippen LogP contribution < -0.4 is 4.90 Å². The van der Waals surface area contributed by atoms with E-state index < -0.39 is 28.0 Å². The Morgan fingerprint density at radius 3 is 2.15 bits per heavy atom. The molecule has 1 heterocycles. The minimum Gasteiger partial charge on any atom is -0.312 e. The van der Waals surface area contributed by atoms with Crippen molar-refractivity contribution in [3.8, 4) is 0 Å². The molecule has 0 unspecified atom stereocenters. The Balaban J connectivity index is 1.73. The van der Waals surface area contributed by atoms with Gasteiger partial charge in [0.2, 0.25) is 15.9 Å².